The largest absolute Gasteiger partial charge is 0.456 e. The minimum atomic E-state index is -0.324. The molecule has 17 aromatic carbocycles. The van der Waals surface area contributed by atoms with Gasteiger partial charge >= 0.3 is 0 Å². The van der Waals surface area contributed by atoms with E-state index in [4.69, 9.17) is 8.83 Å². The Hall–Kier alpha value is -14.0. The van der Waals surface area contributed by atoms with E-state index >= 15 is 0 Å². The van der Waals surface area contributed by atoms with Gasteiger partial charge in [-0.1, -0.05) is 315 Å². The van der Waals surface area contributed by atoms with Crippen LogP contribution in [-0.2, 0) is 10.8 Å². The molecule has 0 fully saturated rings. The molecule has 0 N–H and O–H groups in total. The van der Waals surface area contributed by atoms with Gasteiger partial charge in [-0.2, -0.15) is 0 Å². The van der Waals surface area contributed by atoms with Gasteiger partial charge in [-0.05, 0) is 237 Å². The van der Waals surface area contributed by atoms with Gasteiger partial charge in [-0.15, -0.1) is 0 Å². The second-order valence-corrected chi connectivity index (χ2v) is 33.1. The van der Waals surface area contributed by atoms with Crippen LogP contribution in [0.15, 0.2) is 391 Å². The summed E-state index contributed by atoms with van der Waals surface area (Å²) < 4.78 is 13.9. The van der Waals surface area contributed by atoms with E-state index in [2.05, 4.69) is 434 Å². The third-order valence-electron chi connectivity index (χ3n) is 23.9. The molecule has 21 rings (SSSR count). The normalized spacial score (nSPS) is 12.6. The molecule has 19 aromatic rings. The fourth-order valence-corrected chi connectivity index (χ4v) is 18.3. The van der Waals surface area contributed by atoms with Gasteiger partial charge in [0, 0.05) is 66.5 Å². The number of hydrogen-bond acceptors (Lipinski definition) is 4. The summed E-state index contributed by atoms with van der Waals surface area (Å²) in [5.74, 6) is 0. The highest BCUT2D eigenvalue weighted by atomic mass is 16.3. The smallest absolute Gasteiger partial charge is 0.252 e. The number of anilines is 6. The minimum Gasteiger partial charge on any atom is -0.456 e. The molecule has 0 radical (unpaired) electrons. The maximum Gasteiger partial charge on any atom is 0.252 e. The summed E-state index contributed by atoms with van der Waals surface area (Å²) in [6, 6.07) is 143. The molecule has 0 aliphatic carbocycles. The van der Waals surface area contributed by atoms with E-state index in [9.17, 15) is 0 Å². The molecule has 0 bridgehead atoms. The van der Waals surface area contributed by atoms with Crippen molar-refractivity contribution in [1.29, 1.82) is 0 Å². The number of rotatable bonds is 12. The van der Waals surface area contributed by atoms with Crippen molar-refractivity contribution in [1.82, 2.24) is 0 Å². The highest BCUT2D eigenvalue weighted by molar-refractivity contribution is 7.00. The van der Waals surface area contributed by atoms with Crippen LogP contribution in [0.1, 0.15) is 52.7 Å². The van der Waals surface area contributed by atoms with Gasteiger partial charge in [-0.25, -0.2) is 0 Å². The first-order valence-corrected chi connectivity index (χ1v) is 40.1. The van der Waals surface area contributed by atoms with Gasteiger partial charge in [0.25, 0.3) is 6.71 Å². The lowest BCUT2D eigenvalue weighted by Gasteiger charge is -2.46. The Morgan fingerprint density at radius 3 is 0.957 bits per heavy atom. The molecule has 0 saturated carbocycles. The fraction of sp³-hybridized carbons (Fsp3) is 0.0727. The summed E-state index contributed by atoms with van der Waals surface area (Å²) in [6.45, 7) is 13.8. The first-order valence-electron chi connectivity index (χ1n) is 40.1. The third-order valence-corrected chi connectivity index (χ3v) is 23.9. The molecule has 4 heterocycles. The van der Waals surface area contributed by atoms with Crippen LogP contribution in [0.25, 0.3) is 155 Å². The predicted molar refractivity (Wildman–Crippen MR) is 487 cm³/mol. The molecule has 115 heavy (non-hydrogen) atoms. The molecule has 2 aromatic heterocycles. The van der Waals surface area contributed by atoms with Gasteiger partial charge < -0.3 is 18.6 Å². The maximum absolute atomic E-state index is 6.97. The summed E-state index contributed by atoms with van der Waals surface area (Å²) in [5, 5.41) is 4.25. The summed E-state index contributed by atoms with van der Waals surface area (Å²) in [4.78, 5) is 5.42. The number of hydrogen-bond donors (Lipinski definition) is 0. The monoisotopic (exact) mass is 1470 g/mol. The molecule has 2 aliphatic heterocycles. The van der Waals surface area contributed by atoms with Crippen LogP contribution in [-0.4, -0.2) is 6.71 Å². The summed E-state index contributed by atoms with van der Waals surface area (Å²) in [5.41, 5.74) is 37.6. The van der Waals surface area contributed by atoms with E-state index in [1.807, 2.05) is 0 Å². The Bertz CT molecular complexity index is 6720. The zero-order chi connectivity index (χ0) is 77.2. The van der Waals surface area contributed by atoms with Crippen LogP contribution in [0.5, 0.6) is 0 Å². The Morgan fingerprint density at radius 2 is 0.530 bits per heavy atom. The average Bonchev–Trinajstić information content (AvgIpc) is 1.43. The Labute approximate surface area is 672 Å². The first kappa shape index (κ1) is 69.0. The standard InChI is InChI=1S/C110H81BN2O2/c1-109(2,3)84-66-90(74-41-21-11-22-42-74)107(91(67-84)75-43-23-12-24-44-75)113-97-63-76(81-59-77(70-33-13-7-14-34-70)57-78(60-81)71-35-15-8-16-36-71)55-56-95(97)111-94-49-27-28-50-96(94)112(98-64-83(65-99(113)106(98)111)82-61-79(72-37-17-9-18-38-72)58-80(62-82)73-39-19-10-20-40-73)108-92(86-47-31-53-102-104(86)88-45-25-29-51-100(88)114-102)68-85(110(4,5)6)69-93(108)87-48-32-54-103-105(87)89-46-26-30-52-101(89)115-103/h7-69H,1-6H3. The summed E-state index contributed by atoms with van der Waals surface area (Å²) >= 11 is 0. The van der Waals surface area contributed by atoms with Crippen molar-refractivity contribution >= 4 is 101 Å². The van der Waals surface area contributed by atoms with Crippen LogP contribution >= 0.6 is 0 Å². The number of nitrogens with zero attached hydrogens (tertiary/aromatic N) is 2. The fourth-order valence-electron chi connectivity index (χ4n) is 18.3. The number of para-hydroxylation sites is 3. The van der Waals surface area contributed by atoms with Crippen LogP contribution in [0.2, 0.25) is 0 Å². The highest BCUT2D eigenvalue weighted by Gasteiger charge is 2.46. The topological polar surface area (TPSA) is 32.8 Å². The maximum atomic E-state index is 6.97. The van der Waals surface area contributed by atoms with Gasteiger partial charge in [0.15, 0.2) is 0 Å². The van der Waals surface area contributed by atoms with Gasteiger partial charge in [0.05, 0.1) is 11.4 Å². The highest BCUT2D eigenvalue weighted by Crippen LogP contribution is 2.58. The summed E-state index contributed by atoms with van der Waals surface area (Å²) in [6.07, 6.45) is 0. The zero-order valence-corrected chi connectivity index (χ0v) is 65.2. The van der Waals surface area contributed by atoms with Crippen molar-refractivity contribution in [2.24, 2.45) is 0 Å². The second-order valence-electron chi connectivity index (χ2n) is 33.1. The van der Waals surface area contributed by atoms with E-state index in [0.717, 1.165) is 189 Å². The molecule has 4 nitrogen and oxygen atoms in total. The molecule has 0 spiro atoms. The van der Waals surface area contributed by atoms with E-state index in [1.165, 1.54) is 27.5 Å². The van der Waals surface area contributed by atoms with Gasteiger partial charge in [0.1, 0.15) is 22.3 Å². The van der Waals surface area contributed by atoms with Crippen LogP contribution in [0, 0.1) is 0 Å². The Balaban J connectivity index is 0.957. The molecular formula is C110H81BN2O2. The zero-order valence-electron chi connectivity index (χ0n) is 65.2. The van der Waals surface area contributed by atoms with Gasteiger partial charge in [-0.3, -0.25) is 0 Å². The number of benzene rings is 17. The SMILES string of the molecule is CC(C)(C)c1cc(-c2ccccc2)c(N2c3cc(-c4cc(-c5ccccc5)cc(-c5ccccc5)c4)ccc3B3c4ccccc4N(c4c(-c5cccc6oc7ccccc7c56)cc(C(C)(C)C)cc4-c4cccc5oc6ccccc6c45)c4cc(-c5cc(-c6ccccc6)cc(-c6ccccc6)c5)cc2c43)c(-c2ccccc2)c1. The molecule has 0 unspecified atom stereocenters. The Kier molecular flexibility index (Phi) is 16.5. The lowest BCUT2D eigenvalue weighted by molar-refractivity contribution is 0.590. The number of fused-ring (bicyclic) bond motifs is 10. The summed E-state index contributed by atoms with van der Waals surface area (Å²) in [7, 11) is 0. The first-order chi connectivity index (χ1) is 56.3. The molecule has 0 saturated heterocycles. The molecular weight excluding hydrogens is 1390 g/mol. The van der Waals surface area contributed by atoms with Crippen LogP contribution in [0.4, 0.5) is 34.1 Å². The molecule has 5 heteroatoms. The van der Waals surface area contributed by atoms with Crippen molar-refractivity contribution in [3.63, 3.8) is 0 Å². The lowest BCUT2D eigenvalue weighted by Crippen LogP contribution is -2.61. The molecule has 0 amide bonds. The van der Waals surface area contributed by atoms with Crippen LogP contribution < -0.4 is 26.2 Å². The van der Waals surface area contributed by atoms with Gasteiger partial charge in [0.2, 0.25) is 0 Å². The quantitative estimate of drug-likeness (QED) is 0.114. The second kappa shape index (κ2) is 27.4. The van der Waals surface area contributed by atoms with Crippen molar-refractivity contribution in [3.8, 4) is 111 Å². The lowest BCUT2D eigenvalue weighted by atomic mass is 9.33. The molecule has 546 valence electrons. The van der Waals surface area contributed by atoms with E-state index < -0.39 is 0 Å². The van der Waals surface area contributed by atoms with E-state index in [1.54, 1.807) is 0 Å². The Morgan fingerprint density at radius 1 is 0.217 bits per heavy atom. The third kappa shape index (κ3) is 11.9. The average molecular weight is 1470 g/mol. The minimum absolute atomic E-state index is 0.245. The predicted octanol–water partition coefficient (Wildman–Crippen LogP) is 28.8. The number of furan rings is 2. The van der Waals surface area contributed by atoms with Crippen molar-refractivity contribution < 1.29 is 8.83 Å². The molecule has 2 aliphatic rings. The molecule has 0 atom stereocenters. The van der Waals surface area contributed by atoms with E-state index in [0.29, 0.717) is 0 Å². The van der Waals surface area contributed by atoms with Crippen LogP contribution in [0.3, 0.4) is 0 Å². The van der Waals surface area contributed by atoms with E-state index in [-0.39, 0.29) is 17.5 Å². The van der Waals surface area contributed by atoms with Crippen molar-refractivity contribution in [2.45, 2.75) is 52.4 Å². The van der Waals surface area contributed by atoms with Crippen molar-refractivity contribution in [3.05, 3.63) is 393 Å². The van der Waals surface area contributed by atoms with Crippen molar-refractivity contribution in [2.75, 3.05) is 9.80 Å².